The molecule has 0 saturated heterocycles. The van der Waals surface area contributed by atoms with Crippen LogP contribution in [0.25, 0.3) is 11.8 Å². The number of aryl methyl sites for hydroxylation is 2. The monoisotopic (exact) mass is 354 g/mol. The number of carbonyl (C=O) groups is 1. The highest BCUT2D eigenvalue weighted by molar-refractivity contribution is 9.10. The highest BCUT2D eigenvalue weighted by Crippen LogP contribution is 2.28. The smallest absolute Gasteiger partial charge is 0.343 e. The molecule has 0 bridgehead atoms. The van der Waals surface area contributed by atoms with Crippen LogP contribution in [0.4, 0.5) is 0 Å². The minimum atomic E-state index is -0.312. The van der Waals surface area contributed by atoms with Crippen molar-refractivity contribution in [3.8, 4) is 0 Å². The molecule has 0 N–H and O–H groups in total. The van der Waals surface area contributed by atoms with Crippen LogP contribution in [0, 0.1) is 13.8 Å². The van der Waals surface area contributed by atoms with E-state index in [1.165, 1.54) is 11.1 Å². The predicted octanol–water partition coefficient (Wildman–Crippen LogP) is 5.05. The van der Waals surface area contributed by atoms with Crippen LogP contribution in [0.2, 0.25) is 0 Å². The van der Waals surface area contributed by atoms with Crippen molar-refractivity contribution < 1.29 is 9.53 Å². The lowest BCUT2D eigenvalue weighted by Crippen LogP contribution is -1.97. The number of cyclic esters (lactones) is 1. The highest BCUT2D eigenvalue weighted by atomic mass is 79.9. The van der Waals surface area contributed by atoms with E-state index in [2.05, 4.69) is 29.8 Å². The topological polar surface area (TPSA) is 26.3 Å². The number of carbonyl (C=O) groups excluding carboxylic acids is 1. The van der Waals surface area contributed by atoms with E-state index in [1.807, 2.05) is 48.5 Å². The van der Waals surface area contributed by atoms with E-state index in [1.54, 1.807) is 6.08 Å². The maximum atomic E-state index is 12.0. The van der Waals surface area contributed by atoms with Gasteiger partial charge in [0.25, 0.3) is 0 Å². The van der Waals surface area contributed by atoms with Gasteiger partial charge in [0.15, 0.2) is 0 Å². The van der Waals surface area contributed by atoms with E-state index in [-0.39, 0.29) is 5.97 Å². The lowest BCUT2D eigenvalue weighted by Gasteiger charge is -2.05. The molecular formula is C19H15BrO2. The molecule has 2 aromatic carbocycles. The molecule has 0 radical (unpaired) electrons. The minimum Gasteiger partial charge on any atom is -0.422 e. The Labute approximate surface area is 138 Å². The Balaban J connectivity index is 1.96. The molecule has 2 nitrogen and oxygen atoms in total. The van der Waals surface area contributed by atoms with Gasteiger partial charge in [-0.25, -0.2) is 4.79 Å². The van der Waals surface area contributed by atoms with Gasteiger partial charge in [-0.15, -0.1) is 0 Å². The molecule has 1 aliphatic rings. The molecule has 22 heavy (non-hydrogen) atoms. The third-order valence-corrected chi connectivity index (χ3v) is 4.18. The largest absolute Gasteiger partial charge is 0.422 e. The van der Waals surface area contributed by atoms with Gasteiger partial charge in [0.2, 0.25) is 0 Å². The maximum Gasteiger partial charge on any atom is 0.343 e. The van der Waals surface area contributed by atoms with Crippen LogP contribution >= 0.6 is 15.9 Å². The fourth-order valence-electron chi connectivity index (χ4n) is 2.30. The molecule has 0 aliphatic carbocycles. The first-order chi connectivity index (χ1) is 10.5. The summed E-state index contributed by atoms with van der Waals surface area (Å²) in [4.78, 5) is 12.0. The molecular weight excluding hydrogens is 340 g/mol. The number of hydrogen-bond donors (Lipinski definition) is 0. The fourth-order valence-corrected chi connectivity index (χ4v) is 2.72. The van der Waals surface area contributed by atoms with Crippen molar-refractivity contribution in [2.45, 2.75) is 13.8 Å². The number of benzene rings is 2. The van der Waals surface area contributed by atoms with Crippen LogP contribution in [0.1, 0.15) is 22.3 Å². The summed E-state index contributed by atoms with van der Waals surface area (Å²) in [5.41, 5.74) is 4.84. The van der Waals surface area contributed by atoms with Crippen LogP contribution < -0.4 is 0 Å². The van der Waals surface area contributed by atoms with E-state index in [0.717, 1.165) is 15.6 Å². The van der Waals surface area contributed by atoms with E-state index < -0.39 is 0 Å². The van der Waals surface area contributed by atoms with Crippen molar-refractivity contribution >= 4 is 33.7 Å². The van der Waals surface area contributed by atoms with Crippen molar-refractivity contribution in [1.29, 1.82) is 0 Å². The van der Waals surface area contributed by atoms with Gasteiger partial charge in [0.05, 0.1) is 5.57 Å². The van der Waals surface area contributed by atoms with Crippen LogP contribution in [0.3, 0.4) is 0 Å². The van der Waals surface area contributed by atoms with Gasteiger partial charge in [0, 0.05) is 10.0 Å². The summed E-state index contributed by atoms with van der Waals surface area (Å²) in [6.07, 6.45) is 3.63. The second kappa shape index (κ2) is 5.93. The molecule has 0 saturated carbocycles. The standard InChI is InChI=1S/C19H15BrO2/c1-12-6-7-15(8-13(12)2)18-11-16(19(21)22-18)9-14-4-3-5-17(20)10-14/h3-11H,1-2H3/b16-9+. The van der Waals surface area contributed by atoms with Gasteiger partial charge in [-0.1, -0.05) is 40.2 Å². The lowest BCUT2D eigenvalue weighted by molar-refractivity contribution is -0.130. The van der Waals surface area contributed by atoms with Crippen molar-refractivity contribution in [2.75, 3.05) is 0 Å². The van der Waals surface area contributed by atoms with Gasteiger partial charge >= 0.3 is 5.97 Å². The Bertz CT molecular complexity index is 816. The average Bonchev–Trinajstić information content (AvgIpc) is 2.83. The Morgan fingerprint density at radius 3 is 2.59 bits per heavy atom. The predicted molar refractivity (Wildman–Crippen MR) is 92.1 cm³/mol. The van der Waals surface area contributed by atoms with Crippen molar-refractivity contribution in [1.82, 2.24) is 0 Å². The first-order valence-corrected chi connectivity index (χ1v) is 7.81. The van der Waals surface area contributed by atoms with Crippen LogP contribution in [0.5, 0.6) is 0 Å². The normalized spacial score (nSPS) is 15.9. The van der Waals surface area contributed by atoms with Gasteiger partial charge in [0.1, 0.15) is 5.76 Å². The zero-order valence-electron chi connectivity index (χ0n) is 12.4. The Kier molecular flexibility index (Phi) is 3.99. The van der Waals surface area contributed by atoms with Crippen molar-refractivity contribution in [2.24, 2.45) is 0 Å². The first-order valence-electron chi connectivity index (χ1n) is 7.02. The zero-order valence-corrected chi connectivity index (χ0v) is 14.0. The molecule has 0 atom stereocenters. The summed E-state index contributed by atoms with van der Waals surface area (Å²) in [5.74, 6) is 0.294. The van der Waals surface area contributed by atoms with Gasteiger partial charge in [-0.3, -0.25) is 0 Å². The molecule has 1 aliphatic heterocycles. The molecule has 0 spiro atoms. The number of halogens is 1. The number of ether oxygens (including phenoxy) is 1. The van der Waals surface area contributed by atoms with Gasteiger partial charge in [-0.05, 0) is 60.9 Å². The van der Waals surface area contributed by atoms with E-state index in [4.69, 9.17) is 4.74 Å². The maximum absolute atomic E-state index is 12.0. The van der Waals surface area contributed by atoms with Crippen LogP contribution in [-0.4, -0.2) is 5.97 Å². The van der Waals surface area contributed by atoms with Crippen molar-refractivity contribution in [3.05, 3.63) is 80.8 Å². The quantitative estimate of drug-likeness (QED) is 0.557. The Hall–Kier alpha value is -2.13. The van der Waals surface area contributed by atoms with E-state index in [0.29, 0.717) is 11.3 Å². The molecule has 3 heteroatoms. The van der Waals surface area contributed by atoms with Crippen LogP contribution in [-0.2, 0) is 9.53 Å². The van der Waals surface area contributed by atoms with Crippen LogP contribution in [0.15, 0.2) is 58.6 Å². The molecule has 0 amide bonds. The van der Waals surface area contributed by atoms with E-state index in [9.17, 15) is 4.79 Å². The number of hydrogen-bond acceptors (Lipinski definition) is 2. The number of rotatable bonds is 2. The highest BCUT2D eigenvalue weighted by Gasteiger charge is 2.22. The third kappa shape index (κ3) is 3.04. The first kappa shape index (κ1) is 14.8. The molecule has 0 fully saturated rings. The van der Waals surface area contributed by atoms with Gasteiger partial charge in [-0.2, -0.15) is 0 Å². The molecule has 3 rings (SSSR count). The summed E-state index contributed by atoms with van der Waals surface area (Å²) >= 11 is 3.43. The summed E-state index contributed by atoms with van der Waals surface area (Å²) in [7, 11) is 0. The Morgan fingerprint density at radius 1 is 1.05 bits per heavy atom. The summed E-state index contributed by atoms with van der Waals surface area (Å²) in [6.45, 7) is 4.11. The summed E-state index contributed by atoms with van der Waals surface area (Å²) in [5, 5.41) is 0. The number of esters is 1. The molecule has 0 unspecified atom stereocenters. The van der Waals surface area contributed by atoms with Gasteiger partial charge < -0.3 is 4.74 Å². The zero-order chi connectivity index (χ0) is 15.7. The minimum absolute atomic E-state index is 0.312. The summed E-state index contributed by atoms with van der Waals surface area (Å²) in [6, 6.07) is 13.8. The average molecular weight is 355 g/mol. The molecule has 1 heterocycles. The molecule has 110 valence electrons. The van der Waals surface area contributed by atoms with E-state index >= 15 is 0 Å². The fraction of sp³-hybridized carbons (Fsp3) is 0.105. The lowest BCUT2D eigenvalue weighted by atomic mass is 10.0. The molecule has 0 aromatic heterocycles. The second-order valence-electron chi connectivity index (χ2n) is 5.35. The van der Waals surface area contributed by atoms with Crippen molar-refractivity contribution in [3.63, 3.8) is 0 Å². The Morgan fingerprint density at radius 2 is 1.86 bits per heavy atom. The summed E-state index contributed by atoms with van der Waals surface area (Å²) < 4.78 is 6.38. The third-order valence-electron chi connectivity index (χ3n) is 3.69. The second-order valence-corrected chi connectivity index (χ2v) is 6.27. The molecule has 2 aromatic rings. The SMILES string of the molecule is Cc1ccc(C2=C/C(=C\c3cccc(Br)c3)C(=O)O2)cc1C.